The summed E-state index contributed by atoms with van der Waals surface area (Å²) in [7, 11) is 0. The molecule has 0 fully saturated rings. The Kier molecular flexibility index (Phi) is 8.06. The zero-order chi connectivity index (χ0) is 22.2. The van der Waals surface area contributed by atoms with Crippen LogP contribution in [0.5, 0.6) is 0 Å². The van der Waals surface area contributed by atoms with Gasteiger partial charge in [-0.05, 0) is 49.9 Å². The summed E-state index contributed by atoms with van der Waals surface area (Å²) in [4.78, 5) is 27.4. The maximum absolute atomic E-state index is 13.0. The Balaban J connectivity index is 1.74. The number of ether oxygens (including phenoxy) is 1. The van der Waals surface area contributed by atoms with Gasteiger partial charge in [-0.1, -0.05) is 38.1 Å². The normalized spacial score (nSPS) is 15.3. The van der Waals surface area contributed by atoms with Crippen molar-refractivity contribution in [3.8, 4) is 0 Å². The van der Waals surface area contributed by atoms with Crippen molar-refractivity contribution in [2.45, 2.75) is 39.8 Å². The first-order chi connectivity index (χ1) is 15.0. The lowest BCUT2D eigenvalue weighted by Crippen LogP contribution is -2.33. The summed E-state index contributed by atoms with van der Waals surface area (Å²) in [5, 5.41) is 6.45. The number of amides is 2. The summed E-state index contributed by atoms with van der Waals surface area (Å²) < 4.78 is 5.45. The van der Waals surface area contributed by atoms with Gasteiger partial charge in [-0.25, -0.2) is 0 Å². The van der Waals surface area contributed by atoms with Crippen molar-refractivity contribution >= 4 is 17.5 Å². The fourth-order valence-corrected chi connectivity index (χ4v) is 3.72. The third-order valence-electron chi connectivity index (χ3n) is 5.39. The molecule has 0 radical (unpaired) electrons. The largest absolute Gasteiger partial charge is 0.382 e. The van der Waals surface area contributed by atoms with Gasteiger partial charge in [0.15, 0.2) is 0 Å². The van der Waals surface area contributed by atoms with Crippen LogP contribution in [-0.4, -0.2) is 43.0 Å². The van der Waals surface area contributed by atoms with Crippen molar-refractivity contribution in [3.05, 3.63) is 65.2 Å². The lowest BCUT2D eigenvalue weighted by molar-refractivity contribution is 0.0708. The van der Waals surface area contributed by atoms with Gasteiger partial charge >= 0.3 is 0 Å². The van der Waals surface area contributed by atoms with E-state index in [0.29, 0.717) is 37.8 Å². The lowest BCUT2D eigenvalue weighted by atomic mass is 10.1. The molecule has 0 unspecified atom stereocenters. The third kappa shape index (κ3) is 5.85. The van der Waals surface area contributed by atoms with Crippen LogP contribution in [0.4, 0.5) is 5.69 Å². The number of fused-ring (bicyclic) bond motifs is 1. The molecule has 0 saturated carbocycles. The molecule has 31 heavy (non-hydrogen) atoms. The minimum atomic E-state index is -0.274. The number of hydrogen-bond acceptors (Lipinski definition) is 4. The molecular formula is C25H33N3O3. The molecule has 3 rings (SSSR count). The van der Waals surface area contributed by atoms with Crippen LogP contribution in [0.2, 0.25) is 0 Å². The fourth-order valence-electron chi connectivity index (χ4n) is 3.72. The monoisotopic (exact) mass is 423 g/mol. The first-order valence-electron chi connectivity index (χ1n) is 11.1. The van der Waals surface area contributed by atoms with Crippen molar-refractivity contribution in [1.82, 2.24) is 10.2 Å². The van der Waals surface area contributed by atoms with Crippen molar-refractivity contribution in [2.24, 2.45) is 5.92 Å². The molecule has 1 atom stereocenters. The second-order valence-corrected chi connectivity index (χ2v) is 8.20. The predicted octanol–water partition coefficient (Wildman–Crippen LogP) is 4.46. The summed E-state index contributed by atoms with van der Waals surface area (Å²) in [6, 6.07) is 15.1. The molecule has 1 aliphatic rings. The summed E-state index contributed by atoms with van der Waals surface area (Å²) in [6.07, 6.45) is 1.44. The number of hydrogen-bond donors (Lipinski definition) is 2. The van der Waals surface area contributed by atoms with E-state index in [9.17, 15) is 9.59 Å². The zero-order valence-electron chi connectivity index (χ0n) is 18.7. The van der Waals surface area contributed by atoms with E-state index < -0.39 is 0 Å². The topological polar surface area (TPSA) is 70.7 Å². The molecule has 0 bridgehead atoms. The van der Waals surface area contributed by atoms with Crippen LogP contribution in [0.1, 0.15) is 66.1 Å². The molecule has 2 aromatic rings. The Morgan fingerprint density at radius 2 is 1.97 bits per heavy atom. The van der Waals surface area contributed by atoms with Gasteiger partial charge in [-0.15, -0.1) is 0 Å². The Labute approximate surface area is 185 Å². The second kappa shape index (κ2) is 11.0. The smallest absolute Gasteiger partial charge is 0.256 e. The van der Waals surface area contributed by atoms with Crippen molar-refractivity contribution in [1.29, 1.82) is 0 Å². The maximum atomic E-state index is 13.0. The number of rotatable bonds is 11. The molecule has 2 amide bonds. The van der Waals surface area contributed by atoms with Crippen LogP contribution >= 0.6 is 0 Å². The number of nitrogens with one attached hydrogen (secondary N) is 2. The Bertz CT molecular complexity index is 897. The van der Waals surface area contributed by atoms with Gasteiger partial charge in [0.1, 0.15) is 6.17 Å². The van der Waals surface area contributed by atoms with Crippen LogP contribution in [0, 0.1) is 5.92 Å². The van der Waals surface area contributed by atoms with Gasteiger partial charge in [-0.3, -0.25) is 9.59 Å². The summed E-state index contributed by atoms with van der Waals surface area (Å²) >= 11 is 0. The molecule has 6 nitrogen and oxygen atoms in total. The molecule has 0 aromatic heterocycles. The van der Waals surface area contributed by atoms with E-state index in [0.717, 1.165) is 29.7 Å². The maximum Gasteiger partial charge on any atom is 0.256 e. The van der Waals surface area contributed by atoms with Gasteiger partial charge in [0.05, 0.1) is 0 Å². The van der Waals surface area contributed by atoms with E-state index in [1.54, 1.807) is 0 Å². The van der Waals surface area contributed by atoms with Crippen LogP contribution in [0.25, 0.3) is 0 Å². The standard InChI is InChI=1S/C25H33N3O3/c1-4-31-16-8-15-28-23(21-11-5-6-12-22(21)25(28)30)27-20-10-7-9-19(17-20)24(29)26-14-13-18(2)3/h5-7,9-12,17-18,23,27H,4,8,13-16H2,1-3H3,(H,26,29)/t23-/m1/s1. The van der Waals surface area contributed by atoms with Crippen LogP contribution in [-0.2, 0) is 4.74 Å². The Morgan fingerprint density at radius 1 is 1.16 bits per heavy atom. The summed E-state index contributed by atoms with van der Waals surface area (Å²) in [5.41, 5.74) is 3.09. The second-order valence-electron chi connectivity index (χ2n) is 8.20. The molecule has 0 spiro atoms. The molecule has 1 heterocycles. The lowest BCUT2D eigenvalue weighted by Gasteiger charge is -2.27. The minimum absolute atomic E-state index is 0.0205. The van der Waals surface area contributed by atoms with E-state index in [2.05, 4.69) is 24.5 Å². The highest BCUT2D eigenvalue weighted by molar-refractivity contribution is 5.99. The van der Waals surface area contributed by atoms with E-state index in [1.165, 1.54) is 0 Å². The fraction of sp³-hybridized carbons (Fsp3) is 0.440. The third-order valence-corrected chi connectivity index (χ3v) is 5.39. The molecule has 2 N–H and O–H groups in total. The Hall–Kier alpha value is -2.86. The highest BCUT2D eigenvalue weighted by Crippen LogP contribution is 2.34. The molecule has 6 heteroatoms. The number of nitrogens with zero attached hydrogens (tertiary/aromatic N) is 1. The zero-order valence-corrected chi connectivity index (χ0v) is 18.7. The quantitative estimate of drug-likeness (QED) is 0.524. The minimum Gasteiger partial charge on any atom is -0.382 e. The van der Waals surface area contributed by atoms with Gasteiger partial charge in [0, 0.05) is 48.7 Å². The average molecular weight is 424 g/mol. The number of benzene rings is 2. The van der Waals surface area contributed by atoms with Crippen molar-refractivity contribution < 1.29 is 14.3 Å². The Morgan fingerprint density at radius 3 is 2.74 bits per heavy atom. The molecule has 0 aliphatic carbocycles. The van der Waals surface area contributed by atoms with Crippen molar-refractivity contribution in [3.63, 3.8) is 0 Å². The van der Waals surface area contributed by atoms with E-state index in [-0.39, 0.29) is 18.0 Å². The molecule has 1 aliphatic heterocycles. The van der Waals surface area contributed by atoms with Crippen LogP contribution < -0.4 is 10.6 Å². The van der Waals surface area contributed by atoms with Gasteiger partial charge in [-0.2, -0.15) is 0 Å². The molecular weight excluding hydrogens is 390 g/mol. The SMILES string of the molecule is CCOCCCN1C(=O)c2ccccc2[C@@H]1Nc1cccc(C(=O)NCCC(C)C)c1. The molecule has 2 aromatic carbocycles. The average Bonchev–Trinajstić information content (AvgIpc) is 3.02. The van der Waals surface area contributed by atoms with Crippen molar-refractivity contribution in [2.75, 3.05) is 31.6 Å². The van der Waals surface area contributed by atoms with Gasteiger partial charge in [0.2, 0.25) is 0 Å². The highest BCUT2D eigenvalue weighted by atomic mass is 16.5. The van der Waals surface area contributed by atoms with Crippen LogP contribution in [0.3, 0.4) is 0 Å². The van der Waals surface area contributed by atoms with Gasteiger partial charge < -0.3 is 20.3 Å². The van der Waals surface area contributed by atoms with E-state index in [4.69, 9.17) is 4.74 Å². The summed E-state index contributed by atoms with van der Waals surface area (Å²) in [5.74, 6) is 0.481. The first-order valence-corrected chi connectivity index (χ1v) is 11.1. The van der Waals surface area contributed by atoms with E-state index >= 15 is 0 Å². The number of carbonyl (C=O) groups excluding carboxylic acids is 2. The molecule has 166 valence electrons. The first kappa shape index (κ1) is 22.8. The number of anilines is 1. The van der Waals surface area contributed by atoms with Gasteiger partial charge in [0.25, 0.3) is 11.8 Å². The van der Waals surface area contributed by atoms with E-state index in [1.807, 2.05) is 60.4 Å². The highest BCUT2D eigenvalue weighted by Gasteiger charge is 2.36. The summed E-state index contributed by atoms with van der Waals surface area (Å²) in [6.45, 7) is 8.78. The number of carbonyl (C=O) groups is 2. The predicted molar refractivity (Wildman–Crippen MR) is 123 cm³/mol. The molecule has 0 saturated heterocycles. The van der Waals surface area contributed by atoms with Crippen LogP contribution in [0.15, 0.2) is 48.5 Å².